The van der Waals surface area contributed by atoms with Crippen LogP contribution in [-0.2, 0) is 13.0 Å². The average Bonchev–Trinajstić information content (AvgIpc) is 3.18. The van der Waals surface area contributed by atoms with Gasteiger partial charge >= 0.3 is 0 Å². The van der Waals surface area contributed by atoms with E-state index in [0.29, 0.717) is 6.04 Å². The lowest BCUT2D eigenvalue weighted by Crippen LogP contribution is -2.37. The van der Waals surface area contributed by atoms with Crippen LogP contribution in [0.15, 0.2) is 85.1 Å². The van der Waals surface area contributed by atoms with Crippen LogP contribution in [0.2, 0.25) is 0 Å². The lowest BCUT2D eigenvalue weighted by molar-refractivity contribution is 0.279. The standard InChI is InChI=1S/C28H31N3/c1-2-9-22(10-3-1)11-8-16-28(21-29-20-23-12-6-7-18-30-23)17-15-27-25(19-28)24-13-4-5-14-26(24)31-27/h1-7,9-10,12-14,18-19,27,29,31H,8,11,15-17,20-21H2. The first-order chi connectivity index (χ1) is 15.3. The molecule has 0 radical (unpaired) electrons. The minimum absolute atomic E-state index is 0.189. The minimum Gasteiger partial charge on any atom is -0.378 e. The van der Waals surface area contributed by atoms with Crippen molar-refractivity contribution >= 4 is 11.3 Å². The largest absolute Gasteiger partial charge is 0.378 e. The first kappa shape index (κ1) is 20.0. The van der Waals surface area contributed by atoms with Crippen LogP contribution in [0.5, 0.6) is 0 Å². The zero-order valence-electron chi connectivity index (χ0n) is 18.1. The molecule has 2 aliphatic rings. The maximum absolute atomic E-state index is 4.48. The normalized spacial score (nSPS) is 21.7. The molecule has 0 amide bonds. The molecule has 0 saturated heterocycles. The van der Waals surface area contributed by atoms with Crippen molar-refractivity contribution in [2.24, 2.45) is 5.41 Å². The Morgan fingerprint density at radius 3 is 2.68 bits per heavy atom. The summed E-state index contributed by atoms with van der Waals surface area (Å²) in [5.41, 5.74) is 6.92. The van der Waals surface area contributed by atoms with Gasteiger partial charge in [-0.1, -0.05) is 60.7 Å². The van der Waals surface area contributed by atoms with Gasteiger partial charge in [-0.25, -0.2) is 0 Å². The van der Waals surface area contributed by atoms with E-state index in [1.807, 2.05) is 12.3 Å². The second-order valence-corrected chi connectivity index (χ2v) is 9.01. The van der Waals surface area contributed by atoms with E-state index in [1.165, 1.54) is 48.1 Å². The Bertz CT molecular complexity index is 981. The van der Waals surface area contributed by atoms with Crippen molar-refractivity contribution in [1.82, 2.24) is 10.3 Å². The van der Waals surface area contributed by atoms with E-state index in [-0.39, 0.29) is 5.41 Å². The number of hydrogen-bond donors (Lipinski definition) is 2. The molecule has 158 valence electrons. The number of fused-ring (bicyclic) bond motifs is 3. The summed E-state index contributed by atoms with van der Waals surface area (Å²) >= 11 is 0. The molecule has 3 aromatic rings. The minimum atomic E-state index is 0.189. The summed E-state index contributed by atoms with van der Waals surface area (Å²) in [5, 5.41) is 7.48. The second kappa shape index (κ2) is 9.07. The molecule has 1 aliphatic carbocycles. The van der Waals surface area contributed by atoms with Crippen LogP contribution in [0.25, 0.3) is 5.57 Å². The molecule has 31 heavy (non-hydrogen) atoms. The predicted molar refractivity (Wildman–Crippen MR) is 129 cm³/mol. The number of para-hydroxylation sites is 1. The quantitative estimate of drug-likeness (QED) is 0.490. The summed E-state index contributed by atoms with van der Waals surface area (Å²) in [4.78, 5) is 4.48. The Labute approximate surface area is 185 Å². The molecule has 0 fully saturated rings. The Hall–Kier alpha value is -2.91. The third-order valence-corrected chi connectivity index (χ3v) is 6.83. The number of rotatable bonds is 8. The van der Waals surface area contributed by atoms with Crippen LogP contribution in [0, 0.1) is 5.41 Å². The highest BCUT2D eigenvalue weighted by atomic mass is 15.0. The van der Waals surface area contributed by atoms with Crippen LogP contribution < -0.4 is 10.6 Å². The van der Waals surface area contributed by atoms with Gasteiger partial charge in [0.15, 0.2) is 0 Å². The molecule has 0 bridgehead atoms. The average molecular weight is 410 g/mol. The summed E-state index contributed by atoms with van der Waals surface area (Å²) in [6, 6.07) is 26.3. The van der Waals surface area contributed by atoms with Crippen LogP contribution >= 0.6 is 0 Å². The summed E-state index contributed by atoms with van der Waals surface area (Å²) in [6.45, 7) is 1.82. The monoisotopic (exact) mass is 409 g/mol. The number of nitrogens with one attached hydrogen (secondary N) is 2. The fourth-order valence-corrected chi connectivity index (χ4v) is 5.21. The fraction of sp³-hybridized carbons (Fsp3) is 0.321. The summed E-state index contributed by atoms with van der Waals surface area (Å²) in [5.74, 6) is 0. The first-order valence-corrected chi connectivity index (χ1v) is 11.5. The van der Waals surface area contributed by atoms with Crippen molar-refractivity contribution < 1.29 is 0 Å². The van der Waals surface area contributed by atoms with Crippen molar-refractivity contribution in [1.29, 1.82) is 0 Å². The van der Waals surface area contributed by atoms with Crippen molar-refractivity contribution in [3.63, 3.8) is 0 Å². The van der Waals surface area contributed by atoms with Gasteiger partial charge in [0.05, 0.1) is 11.7 Å². The van der Waals surface area contributed by atoms with Gasteiger partial charge in [0.25, 0.3) is 0 Å². The van der Waals surface area contributed by atoms with E-state index in [0.717, 1.165) is 25.2 Å². The van der Waals surface area contributed by atoms with Crippen LogP contribution in [0.3, 0.4) is 0 Å². The molecular weight excluding hydrogens is 378 g/mol. The Morgan fingerprint density at radius 2 is 1.81 bits per heavy atom. The SMILES string of the molecule is C1=C2c3ccccc3NC2CCC1(CCCc1ccccc1)CNCc1ccccn1. The number of pyridine rings is 1. The molecule has 2 aromatic carbocycles. The van der Waals surface area contributed by atoms with E-state index in [1.54, 1.807) is 0 Å². The van der Waals surface area contributed by atoms with Gasteiger partial charge in [-0.2, -0.15) is 0 Å². The molecular formula is C28H31N3. The van der Waals surface area contributed by atoms with Gasteiger partial charge in [0.1, 0.15) is 0 Å². The molecule has 3 heteroatoms. The molecule has 2 heterocycles. The molecule has 5 rings (SSSR count). The van der Waals surface area contributed by atoms with Gasteiger partial charge in [-0.15, -0.1) is 0 Å². The van der Waals surface area contributed by atoms with Crippen LogP contribution in [0.4, 0.5) is 5.69 Å². The highest BCUT2D eigenvalue weighted by Gasteiger charge is 2.37. The van der Waals surface area contributed by atoms with Crippen molar-refractivity contribution in [3.05, 3.63) is 102 Å². The molecule has 0 spiro atoms. The van der Waals surface area contributed by atoms with Crippen molar-refractivity contribution in [2.45, 2.75) is 44.7 Å². The first-order valence-electron chi connectivity index (χ1n) is 11.5. The second-order valence-electron chi connectivity index (χ2n) is 9.01. The molecule has 1 aromatic heterocycles. The fourth-order valence-electron chi connectivity index (χ4n) is 5.21. The smallest absolute Gasteiger partial charge is 0.0541 e. The molecule has 0 saturated carbocycles. The number of aromatic nitrogens is 1. The summed E-state index contributed by atoms with van der Waals surface area (Å²) in [7, 11) is 0. The Balaban J connectivity index is 1.34. The van der Waals surface area contributed by atoms with E-state index < -0.39 is 0 Å². The molecule has 2 atom stereocenters. The van der Waals surface area contributed by atoms with Gasteiger partial charge in [-0.3, -0.25) is 4.98 Å². The maximum Gasteiger partial charge on any atom is 0.0541 e. The number of anilines is 1. The predicted octanol–water partition coefficient (Wildman–Crippen LogP) is 5.85. The summed E-state index contributed by atoms with van der Waals surface area (Å²) < 4.78 is 0. The lowest BCUT2D eigenvalue weighted by atomic mass is 9.71. The number of nitrogens with zero attached hydrogens (tertiary/aromatic N) is 1. The Kier molecular flexibility index (Phi) is 5.86. The number of aryl methyl sites for hydroxylation is 1. The van der Waals surface area contributed by atoms with E-state index in [9.17, 15) is 0 Å². The molecule has 1 aliphatic heterocycles. The van der Waals surface area contributed by atoms with Gasteiger partial charge in [-0.05, 0) is 61.4 Å². The number of benzene rings is 2. The van der Waals surface area contributed by atoms with Crippen LogP contribution in [0.1, 0.15) is 42.5 Å². The van der Waals surface area contributed by atoms with Crippen molar-refractivity contribution in [3.8, 4) is 0 Å². The van der Waals surface area contributed by atoms with Gasteiger partial charge in [0, 0.05) is 36.0 Å². The highest BCUT2D eigenvalue weighted by Crippen LogP contribution is 2.47. The topological polar surface area (TPSA) is 37.0 Å². The zero-order valence-corrected chi connectivity index (χ0v) is 18.1. The highest BCUT2D eigenvalue weighted by molar-refractivity contribution is 5.87. The van der Waals surface area contributed by atoms with E-state index in [2.05, 4.69) is 88.4 Å². The zero-order chi connectivity index (χ0) is 20.9. The number of hydrogen-bond acceptors (Lipinski definition) is 3. The van der Waals surface area contributed by atoms with Gasteiger partial charge < -0.3 is 10.6 Å². The lowest BCUT2D eigenvalue weighted by Gasteiger charge is -2.37. The van der Waals surface area contributed by atoms with Crippen molar-refractivity contribution in [2.75, 3.05) is 11.9 Å². The van der Waals surface area contributed by atoms with E-state index >= 15 is 0 Å². The van der Waals surface area contributed by atoms with E-state index in [4.69, 9.17) is 0 Å². The van der Waals surface area contributed by atoms with Crippen LogP contribution in [-0.4, -0.2) is 17.6 Å². The molecule has 2 unspecified atom stereocenters. The molecule has 3 nitrogen and oxygen atoms in total. The van der Waals surface area contributed by atoms with Gasteiger partial charge in [0.2, 0.25) is 0 Å². The maximum atomic E-state index is 4.48. The summed E-state index contributed by atoms with van der Waals surface area (Å²) in [6.07, 6.45) is 10.4. The Morgan fingerprint density at radius 1 is 0.968 bits per heavy atom. The molecule has 2 N–H and O–H groups in total. The third-order valence-electron chi connectivity index (χ3n) is 6.83. The third kappa shape index (κ3) is 4.57.